The lowest BCUT2D eigenvalue weighted by molar-refractivity contribution is 0.592. The molecule has 0 aromatic heterocycles. The van der Waals surface area contributed by atoms with Crippen LogP contribution in [0, 0.1) is 5.82 Å². The Morgan fingerprint density at radius 2 is 2.12 bits per heavy atom. The van der Waals surface area contributed by atoms with Crippen molar-refractivity contribution in [3.63, 3.8) is 0 Å². The minimum absolute atomic E-state index is 0.0995. The topological polar surface area (TPSA) is 46.2 Å². The van der Waals surface area contributed by atoms with E-state index in [4.69, 9.17) is 11.6 Å². The SMILES string of the molecule is CCS(=O)(=O)CCNCc1ccc(F)cc1Cl. The summed E-state index contributed by atoms with van der Waals surface area (Å²) in [6, 6.07) is 4.14. The molecule has 0 heterocycles. The lowest BCUT2D eigenvalue weighted by atomic mass is 10.2. The lowest BCUT2D eigenvalue weighted by Crippen LogP contribution is -2.23. The highest BCUT2D eigenvalue weighted by Crippen LogP contribution is 2.16. The molecule has 0 aliphatic rings. The predicted octanol–water partition coefficient (Wildman–Crippen LogP) is 2.00. The van der Waals surface area contributed by atoms with Crippen molar-refractivity contribution in [3.8, 4) is 0 Å². The Morgan fingerprint density at radius 1 is 1.41 bits per heavy atom. The van der Waals surface area contributed by atoms with Gasteiger partial charge in [0.1, 0.15) is 5.82 Å². The zero-order valence-electron chi connectivity index (χ0n) is 9.54. The van der Waals surface area contributed by atoms with Crippen LogP contribution in [0.15, 0.2) is 18.2 Å². The fraction of sp³-hybridized carbons (Fsp3) is 0.455. The quantitative estimate of drug-likeness (QED) is 0.810. The first-order valence-electron chi connectivity index (χ1n) is 5.29. The molecule has 0 saturated carbocycles. The molecule has 0 spiro atoms. The summed E-state index contributed by atoms with van der Waals surface area (Å²) in [5.41, 5.74) is 0.752. The third-order valence-corrected chi connectivity index (χ3v) is 4.42. The number of nitrogens with one attached hydrogen (secondary N) is 1. The molecule has 0 atom stereocenters. The van der Waals surface area contributed by atoms with Gasteiger partial charge >= 0.3 is 0 Å². The fourth-order valence-electron chi connectivity index (χ4n) is 1.26. The summed E-state index contributed by atoms with van der Waals surface area (Å²) >= 11 is 5.83. The second-order valence-corrected chi connectivity index (χ2v) is 6.53. The second kappa shape index (κ2) is 6.33. The average molecular weight is 280 g/mol. The standard InChI is InChI=1S/C11H15ClFNO2S/c1-2-17(15,16)6-5-14-8-9-3-4-10(13)7-11(9)12/h3-4,7,14H,2,5-6,8H2,1H3. The number of hydrogen-bond donors (Lipinski definition) is 1. The minimum atomic E-state index is -2.95. The molecule has 0 amide bonds. The van der Waals surface area contributed by atoms with Gasteiger partial charge < -0.3 is 5.32 Å². The van der Waals surface area contributed by atoms with Gasteiger partial charge in [-0.25, -0.2) is 12.8 Å². The van der Waals surface area contributed by atoms with Crippen LogP contribution in [0.2, 0.25) is 5.02 Å². The first-order valence-corrected chi connectivity index (χ1v) is 7.49. The molecule has 0 radical (unpaired) electrons. The second-order valence-electron chi connectivity index (χ2n) is 3.65. The van der Waals surface area contributed by atoms with Crippen molar-refractivity contribution >= 4 is 21.4 Å². The predicted molar refractivity (Wildman–Crippen MR) is 67.4 cm³/mol. The number of benzene rings is 1. The number of sulfone groups is 1. The minimum Gasteiger partial charge on any atom is -0.312 e. The van der Waals surface area contributed by atoms with E-state index >= 15 is 0 Å². The van der Waals surface area contributed by atoms with Crippen LogP contribution in [-0.2, 0) is 16.4 Å². The molecule has 0 bridgehead atoms. The van der Waals surface area contributed by atoms with E-state index in [9.17, 15) is 12.8 Å². The van der Waals surface area contributed by atoms with Crippen molar-refractivity contribution in [2.24, 2.45) is 0 Å². The van der Waals surface area contributed by atoms with Crippen molar-refractivity contribution in [1.82, 2.24) is 5.32 Å². The smallest absolute Gasteiger partial charge is 0.151 e. The first kappa shape index (κ1) is 14.4. The van der Waals surface area contributed by atoms with Gasteiger partial charge in [0.15, 0.2) is 9.84 Å². The van der Waals surface area contributed by atoms with E-state index in [-0.39, 0.29) is 17.3 Å². The molecule has 6 heteroatoms. The van der Waals surface area contributed by atoms with Gasteiger partial charge in [0.25, 0.3) is 0 Å². The molecular formula is C11H15ClFNO2S. The van der Waals surface area contributed by atoms with Gasteiger partial charge in [0.05, 0.1) is 5.75 Å². The van der Waals surface area contributed by atoms with Crippen molar-refractivity contribution in [1.29, 1.82) is 0 Å². The van der Waals surface area contributed by atoms with Crippen LogP contribution in [0.25, 0.3) is 0 Å². The number of hydrogen-bond acceptors (Lipinski definition) is 3. The summed E-state index contributed by atoms with van der Waals surface area (Å²) in [5.74, 6) is -0.138. The summed E-state index contributed by atoms with van der Waals surface area (Å²) < 4.78 is 35.2. The molecule has 17 heavy (non-hydrogen) atoms. The summed E-state index contributed by atoms with van der Waals surface area (Å²) in [6.45, 7) is 2.41. The van der Waals surface area contributed by atoms with Gasteiger partial charge in [0.2, 0.25) is 0 Å². The fourth-order valence-corrected chi connectivity index (χ4v) is 2.24. The van der Waals surface area contributed by atoms with Crippen LogP contribution < -0.4 is 5.32 Å². The molecule has 0 aliphatic heterocycles. The van der Waals surface area contributed by atoms with Gasteiger partial charge in [-0.3, -0.25) is 0 Å². The van der Waals surface area contributed by atoms with Gasteiger partial charge in [-0.15, -0.1) is 0 Å². The normalized spacial score (nSPS) is 11.7. The highest BCUT2D eigenvalue weighted by molar-refractivity contribution is 7.91. The largest absolute Gasteiger partial charge is 0.312 e. The maximum atomic E-state index is 12.8. The van der Waals surface area contributed by atoms with Crippen LogP contribution in [0.1, 0.15) is 12.5 Å². The van der Waals surface area contributed by atoms with Crippen molar-refractivity contribution in [2.75, 3.05) is 18.1 Å². The van der Waals surface area contributed by atoms with E-state index < -0.39 is 9.84 Å². The highest BCUT2D eigenvalue weighted by atomic mass is 35.5. The third-order valence-electron chi connectivity index (χ3n) is 2.36. The number of rotatable bonds is 6. The van der Waals surface area contributed by atoms with E-state index in [0.717, 1.165) is 5.56 Å². The summed E-state index contributed by atoms with van der Waals surface area (Å²) in [5, 5.41) is 3.31. The third kappa shape index (κ3) is 5.02. The van der Waals surface area contributed by atoms with E-state index in [1.165, 1.54) is 12.1 Å². The van der Waals surface area contributed by atoms with Gasteiger partial charge in [-0.2, -0.15) is 0 Å². The Kier molecular flexibility index (Phi) is 5.36. The van der Waals surface area contributed by atoms with Crippen molar-refractivity contribution in [3.05, 3.63) is 34.6 Å². The molecule has 1 aromatic carbocycles. The van der Waals surface area contributed by atoms with Crippen LogP contribution in [-0.4, -0.2) is 26.5 Å². The van der Waals surface area contributed by atoms with Crippen molar-refractivity contribution < 1.29 is 12.8 Å². The van der Waals surface area contributed by atoms with E-state index in [0.29, 0.717) is 18.1 Å². The molecule has 1 N–H and O–H groups in total. The molecule has 0 unspecified atom stereocenters. The van der Waals surface area contributed by atoms with Crippen LogP contribution >= 0.6 is 11.6 Å². The van der Waals surface area contributed by atoms with Crippen LogP contribution in [0.5, 0.6) is 0 Å². The lowest BCUT2D eigenvalue weighted by Gasteiger charge is -2.06. The molecule has 96 valence electrons. The Labute approximate surface area is 106 Å². The molecule has 0 fully saturated rings. The van der Waals surface area contributed by atoms with E-state index in [1.54, 1.807) is 13.0 Å². The zero-order valence-corrected chi connectivity index (χ0v) is 11.1. The highest BCUT2D eigenvalue weighted by Gasteiger charge is 2.06. The monoisotopic (exact) mass is 279 g/mol. The van der Waals surface area contributed by atoms with Gasteiger partial charge in [0, 0.05) is 23.9 Å². The molecule has 1 rings (SSSR count). The molecular weight excluding hydrogens is 265 g/mol. The van der Waals surface area contributed by atoms with Crippen LogP contribution in [0.4, 0.5) is 4.39 Å². The van der Waals surface area contributed by atoms with Gasteiger partial charge in [-0.1, -0.05) is 24.6 Å². The zero-order chi connectivity index (χ0) is 12.9. The Balaban J connectivity index is 2.41. The average Bonchev–Trinajstić information content (AvgIpc) is 2.27. The Hall–Kier alpha value is -0.650. The molecule has 0 aliphatic carbocycles. The molecule has 0 saturated heterocycles. The Bertz CT molecular complexity index is 476. The first-order chi connectivity index (χ1) is 7.94. The number of halogens is 2. The summed E-state index contributed by atoms with van der Waals surface area (Å²) in [7, 11) is -2.95. The maximum Gasteiger partial charge on any atom is 0.151 e. The van der Waals surface area contributed by atoms with E-state index in [1.807, 2.05) is 0 Å². The van der Waals surface area contributed by atoms with Crippen molar-refractivity contribution in [2.45, 2.75) is 13.5 Å². The maximum absolute atomic E-state index is 12.8. The summed E-state index contributed by atoms with van der Waals surface area (Å²) in [4.78, 5) is 0. The summed E-state index contributed by atoms with van der Waals surface area (Å²) in [6.07, 6.45) is 0. The van der Waals surface area contributed by atoms with Gasteiger partial charge in [-0.05, 0) is 17.7 Å². The Morgan fingerprint density at radius 3 is 2.71 bits per heavy atom. The molecule has 1 aromatic rings. The van der Waals surface area contributed by atoms with Crippen LogP contribution in [0.3, 0.4) is 0 Å². The van der Waals surface area contributed by atoms with E-state index in [2.05, 4.69) is 5.32 Å². The molecule has 3 nitrogen and oxygen atoms in total.